The van der Waals surface area contributed by atoms with Gasteiger partial charge in [-0.1, -0.05) is 63.2 Å². The summed E-state index contributed by atoms with van der Waals surface area (Å²) < 4.78 is 0. The lowest BCUT2D eigenvalue weighted by Crippen LogP contribution is -2.30. The van der Waals surface area contributed by atoms with Crippen LogP contribution >= 0.6 is 0 Å². The van der Waals surface area contributed by atoms with E-state index in [0.717, 1.165) is 11.8 Å². The van der Waals surface area contributed by atoms with Gasteiger partial charge in [-0.25, -0.2) is 0 Å². The Hall–Kier alpha value is -1.30. The molecular formula is C20H26. The van der Waals surface area contributed by atoms with Gasteiger partial charge in [0.15, 0.2) is 0 Å². The van der Waals surface area contributed by atoms with Crippen LogP contribution in [0.25, 0.3) is 10.8 Å². The van der Waals surface area contributed by atoms with Crippen molar-refractivity contribution in [2.24, 2.45) is 11.8 Å². The first-order valence-corrected chi connectivity index (χ1v) is 8.08. The first-order chi connectivity index (χ1) is 9.60. The van der Waals surface area contributed by atoms with Crippen molar-refractivity contribution >= 4 is 10.8 Å². The molecule has 0 unspecified atom stereocenters. The maximum absolute atomic E-state index is 2.48. The van der Waals surface area contributed by atoms with Gasteiger partial charge in [0.05, 0.1) is 0 Å². The van der Waals surface area contributed by atoms with Gasteiger partial charge in [0.2, 0.25) is 0 Å². The van der Waals surface area contributed by atoms with Crippen LogP contribution in [0.15, 0.2) is 42.5 Å². The van der Waals surface area contributed by atoms with Crippen LogP contribution in [0.3, 0.4) is 0 Å². The van der Waals surface area contributed by atoms with Crippen LogP contribution in [0.5, 0.6) is 0 Å². The molecule has 2 aromatic carbocycles. The highest BCUT2D eigenvalue weighted by Gasteiger charge is 2.34. The van der Waals surface area contributed by atoms with Gasteiger partial charge in [-0.15, -0.1) is 0 Å². The molecule has 1 fully saturated rings. The van der Waals surface area contributed by atoms with Crippen LogP contribution in [-0.2, 0) is 5.41 Å². The molecule has 20 heavy (non-hydrogen) atoms. The number of fused-ring (bicyclic) bond motifs is 1. The normalized spacial score (nSPS) is 27.1. The van der Waals surface area contributed by atoms with Crippen molar-refractivity contribution in [1.29, 1.82) is 0 Å². The zero-order valence-electron chi connectivity index (χ0n) is 13.0. The van der Waals surface area contributed by atoms with E-state index in [1.165, 1.54) is 36.5 Å². The average Bonchev–Trinajstić information content (AvgIpc) is 2.47. The second-order valence-corrected chi connectivity index (χ2v) is 7.17. The lowest BCUT2D eigenvalue weighted by Gasteiger charge is -2.40. The van der Waals surface area contributed by atoms with Gasteiger partial charge >= 0.3 is 0 Å². The second-order valence-electron chi connectivity index (χ2n) is 7.17. The third-order valence-electron chi connectivity index (χ3n) is 5.52. The molecule has 0 heterocycles. The smallest absolute Gasteiger partial charge is 0.00689 e. The summed E-state index contributed by atoms with van der Waals surface area (Å²) in [5.41, 5.74) is 1.93. The van der Waals surface area contributed by atoms with Crippen molar-refractivity contribution in [1.82, 2.24) is 0 Å². The average molecular weight is 266 g/mol. The van der Waals surface area contributed by atoms with Crippen molar-refractivity contribution in [2.75, 3.05) is 0 Å². The van der Waals surface area contributed by atoms with Gasteiger partial charge < -0.3 is 0 Å². The molecule has 106 valence electrons. The van der Waals surface area contributed by atoms with E-state index in [0.29, 0.717) is 5.41 Å². The molecule has 0 nitrogen and oxygen atoms in total. The fourth-order valence-corrected chi connectivity index (χ4v) is 3.96. The summed E-state index contributed by atoms with van der Waals surface area (Å²) in [6.45, 7) is 7.24. The minimum Gasteiger partial charge on any atom is -0.0625 e. The third-order valence-corrected chi connectivity index (χ3v) is 5.52. The van der Waals surface area contributed by atoms with E-state index >= 15 is 0 Å². The van der Waals surface area contributed by atoms with Crippen molar-refractivity contribution in [3.05, 3.63) is 48.0 Å². The molecule has 0 atom stereocenters. The zero-order chi connectivity index (χ0) is 14.2. The summed E-state index contributed by atoms with van der Waals surface area (Å²) in [6.07, 6.45) is 5.45. The molecule has 3 rings (SSSR count). The van der Waals surface area contributed by atoms with E-state index < -0.39 is 0 Å². The topological polar surface area (TPSA) is 0 Å². The highest BCUT2D eigenvalue weighted by atomic mass is 14.4. The lowest BCUT2D eigenvalue weighted by molar-refractivity contribution is 0.205. The summed E-state index contributed by atoms with van der Waals surface area (Å²) in [5.74, 6) is 1.77. The van der Waals surface area contributed by atoms with E-state index in [4.69, 9.17) is 0 Å². The summed E-state index contributed by atoms with van der Waals surface area (Å²) >= 11 is 0. The van der Waals surface area contributed by atoms with Gasteiger partial charge in [-0.2, -0.15) is 0 Å². The monoisotopic (exact) mass is 266 g/mol. The standard InChI is InChI=1S/C20H26/c1-15(2)16-11-13-20(3,14-12-16)19-10-6-8-17-7-4-5-9-18(17)19/h4-10,15-16H,11-14H2,1-3H3. The molecule has 0 aliphatic heterocycles. The van der Waals surface area contributed by atoms with Crippen LogP contribution in [0.2, 0.25) is 0 Å². The van der Waals surface area contributed by atoms with Gasteiger partial charge in [0, 0.05) is 0 Å². The van der Waals surface area contributed by atoms with Gasteiger partial charge in [0.25, 0.3) is 0 Å². The van der Waals surface area contributed by atoms with E-state index in [1.807, 2.05) is 0 Å². The molecule has 1 aliphatic rings. The summed E-state index contributed by atoms with van der Waals surface area (Å²) in [5, 5.41) is 2.85. The maximum Gasteiger partial charge on any atom is -0.00689 e. The molecule has 0 spiro atoms. The van der Waals surface area contributed by atoms with E-state index in [2.05, 4.69) is 63.2 Å². The highest BCUT2D eigenvalue weighted by Crippen LogP contribution is 2.45. The Balaban J connectivity index is 1.95. The SMILES string of the molecule is CC(C)C1CCC(C)(c2cccc3ccccc23)CC1. The van der Waals surface area contributed by atoms with Crippen molar-refractivity contribution in [3.8, 4) is 0 Å². The Morgan fingerprint density at radius 1 is 0.950 bits per heavy atom. The third kappa shape index (κ3) is 2.37. The van der Waals surface area contributed by atoms with Crippen molar-refractivity contribution in [3.63, 3.8) is 0 Å². The molecule has 0 heteroatoms. The molecule has 0 amide bonds. The van der Waals surface area contributed by atoms with E-state index in [1.54, 1.807) is 5.56 Å². The summed E-state index contributed by atoms with van der Waals surface area (Å²) in [7, 11) is 0. The Morgan fingerprint density at radius 2 is 1.60 bits per heavy atom. The Bertz CT molecular complexity index is 581. The fourth-order valence-electron chi connectivity index (χ4n) is 3.96. The molecule has 1 saturated carbocycles. The summed E-state index contributed by atoms with van der Waals surface area (Å²) in [4.78, 5) is 0. The minimum atomic E-state index is 0.367. The zero-order valence-corrected chi connectivity index (χ0v) is 13.0. The molecule has 1 aliphatic carbocycles. The van der Waals surface area contributed by atoms with Crippen LogP contribution in [0, 0.1) is 11.8 Å². The first kappa shape index (κ1) is 13.7. The van der Waals surface area contributed by atoms with Crippen LogP contribution in [-0.4, -0.2) is 0 Å². The van der Waals surface area contributed by atoms with Crippen LogP contribution < -0.4 is 0 Å². The van der Waals surface area contributed by atoms with Gasteiger partial charge in [-0.3, -0.25) is 0 Å². The number of hydrogen-bond donors (Lipinski definition) is 0. The molecule has 0 aromatic heterocycles. The first-order valence-electron chi connectivity index (χ1n) is 8.08. The predicted molar refractivity (Wildman–Crippen MR) is 88.1 cm³/mol. The highest BCUT2D eigenvalue weighted by molar-refractivity contribution is 5.86. The van der Waals surface area contributed by atoms with Crippen LogP contribution in [0.4, 0.5) is 0 Å². The summed E-state index contributed by atoms with van der Waals surface area (Å²) in [6, 6.07) is 15.7. The van der Waals surface area contributed by atoms with E-state index in [-0.39, 0.29) is 0 Å². The molecule has 0 bridgehead atoms. The van der Waals surface area contributed by atoms with Gasteiger partial charge in [0.1, 0.15) is 0 Å². The molecule has 0 saturated heterocycles. The maximum atomic E-state index is 2.48. The van der Waals surface area contributed by atoms with Crippen molar-refractivity contribution < 1.29 is 0 Å². The minimum absolute atomic E-state index is 0.367. The predicted octanol–water partition coefficient (Wildman–Crippen LogP) is 5.94. The Labute approximate surface area is 123 Å². The Kier molecular flexibility index (Phi) is 3.58. The molecule has 0 N–H and O–H groups in total. The Morgan fingerprint density at radius 3 is 2.30 bits per heavy atom. The van der Waals surface area contributed by atoms with E-state index in [9.17, 15) is 0 Å². The number of rotatable bonds is 2. The number of benzene rings is 2. The fraction of sp³-hybridized carbons (Fsp3) is 0.500. The second kappa shape index (κ2) is 5.24. The molecular weight excluding hydrogens is 240 g/mol. The molecule has 2 aromatic rings. The molecule has 0 radical (unpaired) electrons. The van der Waals surface area contributed by atoms with Crippen LogP contribution in [0.1, 0.15) is 52.0 Å². The number of hydrogen-bond acceptors (Lipinski definition) is 0. The van der Waals surface area contributed by atoms with Gasteiger partial charge in [-0.05, 0) is 59.3 Å². The lowest BCUT2D eigenvalue weighted by atomic mass is 9.65. The van der Waals surface area contributed by atoms with Crippen molar-refractivity contribution in [2.45, 2.75) is 51.9 Å². The quantitative estimate of drug-likeness (QED) is 0.630. The largest absolute Gasteiger partial charge is 0.0625 e.